The van der Waals surface area contributed by atoms with Gasteiger partial charge in [-0.15, -0.1) is 0 Å². The molecule has 212 valence electrons. The van der Waals surface area contributed by atoms with Gasteiger partial charge in [0.15, 0.2) is 0 Å². The zero-order valence-corrected chi connectivity index (χ0v) is 25.0. The highest BCUT2D eigenvalue weighted by Gasteiger charge is 2.33. The largest absolute Gasteiger partial charge is 0.354 e. The summed E-state index contributed by atoms with van der Waals surface area (Å²) < 4.78 is 0. The zero-order chi connectivity index (χ0) is 29.2. The van der Waals surface area contributed by atoms with Crippen LogP contribution < -0.4 is 5.32 Å². The van der Waals surface area contributed by atoms with Crippen LogP contribution >= 0.6 is 23.2 Å². The first kappa shape index (κ1) is 30.4. The highest BCUT2D eigenvalue weighted by Crippen LogP contribution is 2.32. The van der Waals surface area contributed by atoms with E-state index >= 15 is 0 Å². The second kappa shape index (κ2) is 14.9. The molecule has 0 aliphatic rings. The Morgan fingerprint density at radius 3 is 1.76 bits per heavy atom. The zero-order valence-electron chi connectivity index (χ0n) is 23.5. The summed E-state index contributed by atoms with van der Waals surface area (Å²) in [5, 5.41) is 3.99. The molecule has 0 aliphatic carbocycles. The molecule has 0 aliphatic heterocycles. The lowest BCUT2D eigenvalue weighted by Crippen LogP contribution is -2.51. The number of amides is 2. The molecule has 4 aromatic carbocycles. The Labute approximate surface area is 253 Å². The summed E-state index contributed by atoms with van der Waals surface area (Å²) >= 11 is 13.2. The van der Waals surface area contributed by atoms with E-state index in [1.807, 2.05) is 105 Å². The van der Waals surface area contributed by atoms with E-state index in [4.69, 9.17) is 23.2 Å². The van der Waals surface area contributed by atoms with Gasteiger partial charge < -0.3 is 10.2 Å². The number of rotatable bonds is 12. The van der Waals surface area contributed by atoms with Crippen molar-refractivity contribution >= 4 is 35.0 Å². The number of benzene rings is 4. The van der Waals surface area contributed by atoms with Gasteiger partial charge in [-0.3, -0.25) is 9.59 Å². The number of hydrogen-bond acceptors (Lipinski definition) is 2. The summed E-state index contributed by atoms with van der Waals surface area (Å²) in [5.74, 6) is -0.279. The van der Waals surface area contributed by atoms with Crippen molar-refractivity contribution in [3.8, 4) is 0 Å². The second-order valence-corrected chi connectivity index (χ2v) is 11.5. The minimum atomic E-state index is -0.761. The molecule has 0 spiro atoms. The van der Waals surface area contributed by atoms with Crippen molar-refractivity contribution < 1.29 is 9.59 Å². The number of nitrogens with zero attached hydrogens (tertiary/aromatic N) is 1. The summed E-state index contributed by atoms with van der Waals surface area (Å²) in [4.78, 5) is 29.9. The molecule has 2 amide bonds. The molecule has 4 aromatic rings. The molecule has 1 N–H and O–H groups in total. The van der Waals surface area contributed by atoms with Crippen molar-refractivity contribution in [3.05, 3.63) is 141 Å². The van der Waals surface area contributed by atoms with Crippen LogP contribution in [0, 0.1) is 5.92 Å². The van der Waals surface area contributed by atoms with Gasteiger partial charge in [0.1, 0.15) is 6.04 Å². The number of carbonyl (C=O) groups excluding carboxylic acids is 2. The van der Waals surface area contributed by atoms with Gasteiger partial charge in [0.05, 0.1) is 0 Å². The van der Waals surface area contributed by atoms with Crippen LogP contribution in [0.4, 0.5) is 0 Å². The summed E-state index contributed by atoms with van der Waals surface area (Å²) in [7, 11) is 0. The van der Waals surface area contributed by atoms with Crippen LogP contribution in [0.2, 0.25) is 10.0 Å². The Balaban J connectivity index is 1.76. The topological polar surface area (TPSA) is 49.4 Å². The highest BCUT2D eigenvalue weighted by atomic mass is 35.5. The van der Waals surface area contributed by atoms with E-state index in [0.29, 0.717) is 28.6 Å². The quantitative estimate of drug-likeness (QED) is 0.183. The molecule has 6 heteroatoms. The van der Waals surface area contributed by atoms with Gasteiger partial charge >= 0.3 is 0 Å². The van der Waals surface area contributed by atoms with Gasteiger partial charge in [-0.2, -0.15) is 0 Å². The van der Waals surface area contributed by atoms with Gasteiger partial charge in [0, 0.05) is 47.5 Å². The van der Waals surface area contributed by atoms with Crippen LogP contribution in [0.5, 0.6) is 0 Å². The van der Waals surface area contributed by atoms with E-state index in [1.165, 1.54) is 0 Å². The fourth-order valence-corrected chi connectivity index (χ4v) is 5.44. The van der Waals surface area contributed by atoms with Crippen LogP contribution in [-0.2, 0) is 22.6 Å². The van der Waals surface area contributed by atoms with E-state index in [9.17, 15) is 9.59 Å². The lowest BCUT2D eigenvalue weighted by Gasteiger charge is -2.33. The van der Waals surface area contributed by atoms with Crippen molar-refractivity contribution in [3.63, 3.8) is 0 Å². The Morgan fingerprint density at radius 2 is 1.24 bits per heavy atom. The van der Waals surface area contributed by atoms with Gasteiger partial charge in [-0.25, -0.2) is 0 Å². The normalized spacial score (nSPS) is 11.9. The molecule has 0 aromatic heterocycles. The maximum absolute atomic E-state index is 14.5. The van der Waals surface area contributed by atoms with Crippen LogP contribution in [0.3, 0.4) is 0 Å². The minimum absolute atomic E-state index is 0.111. The second-order valence-electron chi connectivity index (χ2n) is 10.6. The number of hydrogen-bond donors (Lipinski definition) is 1. The van der Waals surface area contributed by atoms with Gasteiger partial charge in [-0.05, 0) is 34.7 Å². The number of nitrogens with one attached hydrogen (secondary N) is 1. The van der Waals surface area contributed by atoms with Crippen molar-refractivity contribution in [2.24, 2.45) is 5.92 Å². The SMILES string of the molecule is CC(C)CNC(=O)C(Cc1ccccc1)N(Cc1c(Cl)cccc1Cl)C(=O)CC(c1ccccc1)c1ccccc1. The molecule has 0 saturated carbocycles. The van der Waals surface area contributed by atoms with Crippen LogP contribution in [0.15, 0.2) is 109 Å². The van der Waals surface area contributed by atoms with Gasteiger partial charge in [0.25, 0.3) is 0 Å². The van der Waals surface area contributed by atoms with Gasteiger partial charge in [0.2, 0.25) is 11.8 Å². The summed E-state index contributed by atoms with van der Waals surface area (Å²) in [6.45, 7) is 4.71. The number of carbonyl (C=O) groups is 2. The summed E-state index contributed by atoms with van der Waals surface area (Å²) in [5.41, 5.74) is 3.65. The molecular weight excluding hydrogens is 551 g/mol. The molecule has 1 atom stereocenters. The van der Waals surface area contributed by atoms with E-state index in [2.05, 4.69) is 5.32 Å². The van der Waals surface area contributed by atoms with Crippen molar-refractivity contribution in [2.75, 3.05) is 6.54 Å². The molecule has 1 unspecified atom stereocenters. The Kier molecular flexibility index (Phi) is 11.0. The predicted octanol–water partition coefficient (Wildman–Crippen LogP) is 7.93. The fourth-order valence-electron chi connectivity index (χ4n) is 4.92. The molecule has 0 fully saturated rings. The van der Waals surface area contributed by atoms with E-state index in [1.54, 1.807) is 23.1 Å². The van der Waals surface area contributed by atoms with Crippen LogP contribution in [0.1, 0.15) is 48.4 Å². The molecule has 0 heterocycles. The Bertz CT molecular complexity index is 1350. The molecule has 41 heavy (non-hydrogen) atoms. The van der Waals surface area contributed by atoms with Crippen LogP contribution in [0.25, 0.3) is 0 Å². The monoisotopic (exact) mass is 586 g/mol. The summed E-state index contributed by atoms with van der Waals surface area (Å²) in [6.07, 6.45) is 0.540. The maximum atomic E-state index is 14.5. The standard InChI is InChI=1S/C35H36Cl2N2O2/c1-25(2)23-38-35(41)33(21-26-13-6-3-7-14-26)39(24-30-31(36)19-12-20-32(30)37)34(40)22-29(27-15-8-4-9-16-27)28-17-10-5-11-18-28/h3-20,25,29,33H,21-24H2,1-2H3,(H,38,41). The smallest absolute Gasteiger partial charge is 0.243 e. The average Bonchev–Trinajstić information content (AvgIpc) is 2.99. The molecular formula is C35H36Cl2N2O2. The van der Waals surface area contributed by atoms with Crippen molar-refractivity contribution in [1.82, 2.24) is 10.2 Å². The molecule has 0 bridgehead atoms. The third-order valence-electron chi connectivity index (χ3n) is 7.13. The third-order valence-corrected chi connectivity index (χ3v) is 7.84. The van der Waals surface area contributed by atoms with Crippen LogP contribution in [-0.4, -0.2) is 29.3 Å². The molecule has 4 rings (SSSR count). The first-order valence-corrected chi connectivity index (χ1v) is 14.7. The first-order valence-electron chi connectivity index (χ1n) is 14.0. The van der Waals surface area contributed by atoms with E-state index in [0.717, 1.165) is 16.7 Å². The Morgan fingerprint density at radius 1 is 0.732 bits per heavy atom. The lowest BCUT2D eigenvalue weighted by atomic mass is 9.87. The minimum Gasteiger partial charge on any atom is -0.354 e. The first-order chi connectivity index (χ1) is 19.8. The van der Waals surface area contributed by atoms with Gasteiger partial charge in [-0.1, -0.05) is 134 Å². The molecule has 0 radical (unpaired) electrons. The number of halogens is 2. The van der Waals surface area contributed by atoms with Crippen molar-refractivity contribution in [2.45, 2.75) is 45.2 Å². The lowest BCUT2D eigenvalue weighted by molar-refractivity contribution is -0.141. The Hall–Kier alpha value is -3.60. The summed E-state index contributed by atoms with van der Waals surface area (Å²) in [6, 6.07) is 34.3. The predicted molar refractivity (Wildman–Crippen MR) is 168 cm³/mol. The van der Waals surface area contributed by atoms with E-state index in [-0.39, 0.29) is 36.6 Å². The average molecular weight is 588 g/mol. The third kappa shape index (κ3) is 8.45. The maximum Gasteiger partial charge on any atom is 0.243 e. The highest BCUT2D eigenvalue weighted by molar-refractivity contribution is 6.36. The molecule has 0 saturated heterocycles. The molecule has 4 nitrogen and oxygen atoms in total. The van der Waals surface area contributed by atoms with Crippen molar-refractivity contribution in [1.29, 1.82) is 0 Å². The van der Waals surface area contributed by atoms with E-state index < -0.39 is 6.04 Å². The fraction of sp³-hybridized carbons (Fsp3) is 0.257.